The fourth-order valence-electron chi connectivity index (χ4n) is 2.77. The first-order valence-corrected chi connectivity index (χ1v) is 9.02. The Bertz CT molecular complexity index is 598. The second-order valence-corrected chi connectivity index (χ2v) is 6.60. The van der Waals surface area contributed by atoms with Gasteiger partial charge in [-0.3, -0.25) is 14.4 Å². The molecule has 3 N–H and O–H groups in total. The zero-order valence-electron chi connectivity index (χ0n) is 14.1. The Kier molecular flexibility index (Phi) is 7.73. The van der Waals surface area contributed by atoms with E-state index in [1.165, 1.54) is 12.8 Å². The molecule has 0 aromatic heterocycles. The predicted molar refractivity (Wildman–Crippen MR) is 96.4 cm³/mol. The Hall–Kier alpha value is -2.08. The molecule has 1 fully saturated rings. The normalized spacial score (nSPS) is 14.1. The van der Waals surface area contributed by atoms with E-state index in [0.717, 1.165) is 12.8 Å². The van der Waals surface area contributed by atoms with Crippen molar-refractivity contribution in [3.63, 3.8) is 0 Å². The molecule has 3 amide bonds. The molecule has 1 aromatic rings. The van der Waals surface area contributed by atoms with Crippen molar-refractivity contribution in [3.8, 4) is 0 Å². The first-order valence-electron chi connectivity index (χ1n) is 8.64. The largest absolute Gasteiger partial charge is 0.356 e. The molecule has 25 heavy (non-hydrogen) atoms. The van der Waals surface area contributed by atoms with Crippen molar-refractivity contribution in [1.82, 2.24) is 16.0 Å². The number of halogens is 1. The number of benzene rings is 1. The summed E-state index contributed by atoms with van der Waals surface area (Å²) in [6, 6.07) is 6.83. The van der Waals surface area contributed by atoms with Crippen molar-refractivity contribution in [2.75, 3.05) is 13.1 Å². The Labute approximate surface area is 152 Å². The molecule has 0 aliphatic heterocycles. The van der Waals surface area contributed by atoms with Gasteiger partial charge in [0.15, 0.2) is 0 Å². The van der Waals surface area contributed by atoms with Gasteiger partial charge in [0.2, 0.25) is 11.8 Å². The number of hydrogen-bond acceptors (Lipinski definition) is 3. The molecule has 0 heterocycles. The number of amides is 3. The van der Waals surface area contributed by atoms with Crippen molar-refractivity contribution < 1.29 is 14.4 Å². The quantitative estimate of drug-likeness (QED) is 0.658. The maximum atomic E-state index is 11.9. The fourth-order valence-corrected chi connectivity index (χ4v) is 2.89. The molecular weight excluding hydrogens is 342 g/mol. The van der Waals surface area contributed by atoms with Gasteiger partial charge in [0.1, 0.15) is 0 Å². The average Bonchev–Trinajstić information content (AvgIpc) is 3.08. The number of carbonyl (C=O) groups excluding carboxylic acids is 3. The zero-order chi connectivity index (χ0) is 18.1. The van der Waals surface area contributed by atoms with Gasteiger partial charge >= 0.3 is 0 Å². The van der Waals surface area contributed by atoms with E-state index < -0.39 is 0 Å². The molecule has 0 unspecified atom stereocenters. The molecule has 6 nitrogen and oxygen atoms in total. The number of rotatable bonds is 8. The second-order valence-electron chi connectivity index (χ2n) is 6.16. The standard InChI is InChI=1S/C18H24ClN3O3/c19-14-7-5-13(6-8-14)18(25)21-12-9-16(23)20-11-10-17(24)22-15-3-1-2-4-15/h5-8,15H,1-4,9-12H2,(H,20,23)(H,21,25)(H,22,24). The van der Waals surface area contributed by atoms with E-state index in [2.05, 4.69) is 16.0 Å². The van der Waals surface area contributed by atoms with Crippen LogP contribution in [0.2, 0.25) is 5.02 Å². The predicted octanol–water partition coefficient (Wildman–Crippen LogP) is 2.02. The van der Waals surface area contributed by atoms with Crippen molar-refractivity contribution in [2.24, 2.45) is 0 Å². The monoisotopic (exact) mass is 365 g/mol. The van der Waals surface area contributed by atoms with Gasteiger partial charge in [-0.15, -0.1) is 0 Å². The molecule has 2 rings (SSSR count). The molecule has 0 spiro atoms. The van der Waals surface area contributed by atoms with Gasteiger partial charge in [-0.1, -0.05) is 24.4 Å². The number of hydrogen-bond donors (Lipinski definition) is 3. The van der Waals surface area contributed by atoms with E-state index in [1.54, 1.807) is 24.3 Å². The van der Waals surface area contributed by atoms with E-state index >= 15 is 0 Å². The Morgan fingerprint density at radius 1 is 0.920 bits per heavy atom. The minimum absolute atomic E-state index is 0.0248. The zero-order valence-corrected chi connectivity index (χ0v) is 14.9. The van der Waals surface area contributed by atoms with Crippen molar-refractivity contribution in [2.45, 2.75) is 44.6 Å². The molecule has 1 saturated carbocycles. The third-order valence-electron chi connectivity index (χ3n) is 4.14. The highest BCUT2D eigenvalue weighted by molar-refractivity contribution is 6.30. The Morgan fingerprint density at radius 2 is 1.52 bits per heavy atom. The minimum Gasteiger partial charge on any atom is -0.356 e. The van der Waals surface area contributed by atoms with Crippen LogP contribution in [-0.4, -0.2) is 36.9 Å². The number of nitrogens with one attached hydrogen (secondary N) is 3. The van der Waals surface area contributed by atoms with Gasteiger partial charge in [0, 0.05) is 42.6 Å². The smallest absolute Gasteiger partial charge is 0.251 e. The molecule has 0 saturated heterocycles. The molecule has 7 heteroatoms. The summed E-state index contributed by atoms with van der Waals surface area (Å²) in [5.74, 6) is -0.464. The maximum Gasteiger partial charge on any atom is 0.251 e. The highest BCUT2D eigenvalue weighted by Crippen LogP contribution is 2.17. The third kappa shape index (κ3) is 7.13. The van der Waals surface area contributed by atoms with Crippen LogP contribution >= 0.6 is 11.6 Å². The van der Waals surface area contributed by atoms with Crippen LogP contribution in [0.15, 0.2) is 24.3 Å². The molecule has 1 aliphatic carbocycles. The Balaban J connectivity index is 1.55. The highest BCUT2D eigenvalue weighted by atomic mass is 35.5. The van der Waals surface area contributed by atoms with Gasteiger partial charge in [-0.25, -0.2) is 0 Å². The van der Waals surface area contributed by atoms with Gasteiger partial charge in [0.05, 0.1) is 0 Å². The molecule has 136 valence electrons. The van der Waals surface area contributed by atoms with E-state index in [-0.39, 0.29) is 37.1 Å². The SMILES string of the molecule is O=C(CCNC(=O)c1ccc(Cl)cc1)NCCC(=O)NC1CCCC1. The topological polar surface area (TPSA) is 87.3 Å². The molecule has 0 bridgehead atoms. The first kappa shape index (κ1) is 19.2. The van der Waals surface area contributed by atoms with Crippen molar-refractivity contribution >= 4 is 29.3 Å². The molecular formula is C18H24ClN3O3. The number of carbonyl (C=O) groups is 3. The van der Waals surface area contributed by atoms with E-state index in [0.29, 0.717) is 23.2 Å². The van der Waals surface area contributed by atoms with Crippen LogP contribution in [0.25, 0.3) is 0 Å². The van der Waals surface area contributed by atoms with Gasteiger partial charge < -0.3 is 16.0 Å². The summed E-state index contributed by atoms with van der Waals surface area (Å²) in [7, 11) is 0. The van der Waals surface area contributed by atoms with Crippen LogP contribution in [-0.2, 0) is 9.59 Å². The summed E-state index contributed by atoms with van der Waals surface area (Å²) in [5, 5.41) is 8.90. The van der Waals surface area contributed by atoms with Crippen LogP contribution in [0.1, 0.15) is 48.9 Å². The molecule has 0 atom stereocenters. The van der Waals surface area contributed by atoms with Gasteiger partial charge in [-0.2, -0.15) is 0 Å². The van der Waals surface area contributed by atoms with Gasteiger partial charge in [-0.05, 0) is 37.1 Å². The van der Waals surface area contributed by atoms with E-state index in [9.17, 15) is 14.4 Å². The van der Waals surface area contributed by atoms with E-state index in [4.69, 9.17) is 11.6 Å². The second kappa shape index (κ2) is 10.0. The summed E-state index contributed by atoms with van der Waals surface area (Å²) in [6.07, 6.45) is 4.88. The average molecular weight is 366 g/mol. The molecule has 1 aromatic carbocycles. The first-order chi connectivity index (χ1) is 12.0. The van der Waals surface area contributed by atoms with E-state index in [1.807, 2.05) is 0 Å². The fraction of sp³-hybridized carbons (Fsp3) is 0.500. The van der Waals surface area contributed by atoms with Crippen LogP contribution in [0.5, 0.6) is 0 Å². The lowest BCUT2D eigenvalue weighted by Crippen LogP contribution is -2.36. The lowest BCUT2D eigenvalue weighted by Gasteiger charge is -2.12. The highest BCUT2D eigenvalue weighted by Gasteiger charge is 2.16. The summed E-state index contributed by atoms with van der Waals surface area (Å²) in [4.78, 5) is 35.3. The van der Waals surface area contributed by atoms with Crippen LogP contribution in [0.3, 0.4) is 0 Å². The third-order valence-corrected chi connectivity index (χ3v) is 4.39. The van der Waals surface area contributed by atoms with Crippen molar-refractivity contribution in [3.05, 3.63) is 34.9 Å². The van der Waals surface area contributed by atoms with Crippen LogP contribution in [0.4, 0.5) is 0 Å². The molecule has 1 aliphatic rings. The lowest BCUT2D eigenvalue weighted by atomic mass is 10.2. The summed E-state index contributed by atoms with van der Waals surface area (Å²) in [5.41, 5.74) is 0.494. The Morgan fingerprint density at radius 3 is 2.20 bits per heavy atom. The lowest BCUT2D eigenvalue weighted by molar-refractivity contribution is -0.122. The van der Waals surface area contributed by atoms with Crippen LogP contribution in [0, 0.1) is 0 Å². The summed E-state index contributed by atoms with van der Waals surface area (Å²) < 4.78 is 0. The minimum atomic E-state index is -0.250. The summed E-state index contributed by atoms with van der Waals surface area (Å²) in [6.45, 7) is 0.546. The van der Waals surface area contributed by atoms with Gasteiger partial charge in [0.25, 0.3) is 5.91 Å². The molecule has 0 radical (unpaired) electrons. The van der Waals surface area contributed by atoms with Crippen molar-refractivity contribution in [1.29, 1.82) is 0 Å². The van der Waals surface area contributed by atoms with Crippen LogP contribution < -0.4 is 16.0 Å². The summed E-state index contributed by atoms with van der Waals surface area (Å²) >= 11 is 5.77. The maximum absolute atomic E-state index is 11.9.